The first-order valence-electron chi connectivity index (χ1n) is 9.92. The summed E-state index contributed by atoms with van der Waals surface area (Å²) in [5.74, 6) is 0.570. The molecule has 2 heterocycles. The average Bonchev–Trinajstić information content (AvgIpc) is 3.03. The minimum absolute atomic E-state index is 0.0224. The Hall–Kier alpha value is -2.33. The summed E-state index contributed by atoms with van der Waals surface area (Å²) in [5, 5.41) is 3.23. The molecule has 1 fully saturated rings. The number of benzene rings is 2. The van der Waals surface area contributed by atoms with Crippen molar-refractivity contribution in [1.29, 1.82) is 0 Å². The highest BCUT2D eigenvalue weighted by molar-refractivity contribution is 5.82. The van der Waals surface area contributed by atoms with Crippen molar-refractivity contribution in [3.8, 4) is 0 Å². The maximum atomic E-state index is 12.7. The molecule has 0 bridgehead atoms. The quantitative estimate of drug-likeness (QED) is 0.883. The van der Waals surface area contributed by atoms with Crippen LogP contribution in [0.2, 0.25) is 0 Å². The van der Waals surface area contributed by atoms with E-state index >= 15 is 0 Å². The summed E-state index contributed by atoms with van der Waals surface area (Å²) >= 11 is 0. The molecule has 0 aliphatic carbocycles. The third-order valence-corrected chi connectivity index (χ3v) is 6.10. The molecule has 0 aromatic heterocycles. The Kier molecular flexibility index (Phi) is 5.17. The van der Waals surface area contributed by atoms with Gasteiger partial charge in [-0.1, -0.05) is 55.5 Å². The number of carbonyl (C=O) groups is 1. The number of hydrogen-bond donors (Lipinski definition) is 1. The number of nitrogens with zero attached hydrogens (tertiary/aromatic N) is 1. The highest BCUT2D eigenvalue weighted by atomic mass is 16.5. The van der Waals surface area contributed by atoms with Crippen LogP contribution in [-0.4, -0.2) is 38.8 Å². The van der Waals surface area contributed by atoms with Gasteiger partial charge in [-0.15, -0.1) is 0 Å². The average molecular weight is 364 g/mol. The molecule has 2 aromatic carbocycles. The van der Waals surface area contributed by atoms with Crippen molar-refractivity contribution in [3.63, 3.8) is 0 Å². The van der Waals surface area contributed by atoms with E-state index in [-0.39, 0.29) is 11.3 Å². The Morgan fingerprint density at radius 3 is 2.59 bits per heavy atom. The van der Waals surface area contributed by atoms with Gasteiger partial charge in [0.05, 0.1) is 6.54 Å². The SMILES string of the molecule is C[C@H]1CN(CC(=O)NCC2(c3ccccc3)CCOCC2)c2ccccc21. The molecule has 27 heavy (non-hydrogen) atoms. The number of fused-ring (bicyclic) bond motifs is 1. The molecule has 142 valence electrons. The third kappa shape index (κ3) is 3.72. The molecule has 0 spiro atoms. The first-order valence-corrected chi connectivity index (χ1v) is 9.92. The van der Waals surface area contributed by atoms with Crippen LogP contribution in [0, 0.1) is 0 Å². The fourth-order valence-corrected chi connectivity index (χ4v) is 4.49. The van der Waals surface area contributed by atoms with Gasteiger partial charge >= 0.3 is 0 Å². The van der Waals surface area contributed by atoms with Gasteiger partial charge in [-0.2, -0.15) is 0 Å². The van der Waals surface area contributed by atoms with Crippen LogP contribution in [0.3, 0.4) is 0 Å². The van der Waals surface area contributed by atoms with Crippen molar-refractivity contribution in [2.24, 2.45) is 0 Å². The van der Waals surface area contributed by atoms with E-state index in [1.54, 1.807) is 0 Å². The molecular formula is C23H28N2O2. The Labute approximate surface area is 161 Å². The van der Waals surface area contributed by atoms with E-state index in [1.165, 1.54) is 16.8 Å². The van der Waals surface area contributed by atoms with E-state index in [1.807, 2.05) is 12.1 Å². The topological polar surface area (TPSA) is 41.6 Å². The zero-order valence-electron chi connectivity index (χ0n) is 16.0. The van der Waals surface area contributed by atoms with Crippen molar-refractivity contribution < 1.29 is 9.53 Å². The maximum absolute atomic E-state index is 12.7. The smallest absolute Gasteiger partial charge is 0.239 e. The molecule has 1 amide bonds. The van der Waals surface area contributed by atoms with Crippen molar-refractivity contribution in [2.75, 3.05) is 37.7 Å². The minimum Gasteiger partial charge on any atom is -0.381 e. The van der Waals surface area contributed by atoms with E-state index < -0.39 is 0 Å². The van der Waals surface area contributed by atoms with Crippen molar-refractivity contribution in [1.82, 2.24) is 5.32 Å². The molecule has 4 rings (SSSR count). The molecule has 2 aliphatic rings. The second-order valence-corrected chi connectivity index (χ2v) is 7.88. The Morgan fingerprint density at radius 1 is 1.11 bits per heavy atom. The number of carbonyl (C=O) groups excluding carboxylic acids is 1. The van der Waals surface area contributed by atoms with E-state index in [9.17, 15) is 4.79 Å². The molecule has 4 heteroatoms. The number of anilines is 1. The van der Waals surface area contributed by atoms with E-state index in [2.05, 4.69) is 59.6 Å². The molecule has 0 unspecified atom stereocenters. The summed E-state index contributed by atoms with van der Waals surface area (Å²) in [6.45, 7) is 5.73. The van der Waals surface area contributed by atoms with E-state index in [0.717, 1.165) is 32.6 Å². The molecule has 0 saturated carbocycles. The van der Waals surface area contributed by atoms with E-state index in [4.69, 9.17) is 4.74 Å². The number of rotatable bonds is 5. The Morgan fingerprint density at radius 2 is 1.81 bits per heavy atom. The van der Waals surface area contributed by atoms with Gasteiger partial charge in [-0.05, 0) is 30.0 Å². The molecule has 2 aliphatic heterocycles. The predicted molar refractivity (Wildman–Crippen MR) is 108 cm³/mol. The van der Waals surface area contributed by atoms with Crippen LogP contribution in [0.1, 0.15) is 36.8 Å². The molecular weight excluding hydrogens is 336 g/mol. The van der Waals surface area contributed by atoms with Crippen LogP contribution in [0.25, 0.3) is 0 Å². The number of hydrogen-bond acceptors (Lipinski definition) is 3. The number of nitrogens with one attached hydrogen (secondary N) is 1. The van der Waals surface area contributed by atoms with Crippen LogP contribution in [0.5, 0.6) is 0 Å². The molecule has 1 atom stereocenters. The van der Waals surface area contributed by atoms with Gasteiger partial charge < -0.3 is 15.0 Å². The van der Waals surface area contributed by atoms with Crippen LogP contribution >= 0.6 is 0 Å². The summed E-state index contributed by atoms with van der Waals surface area (Å²) in [4.78, 5) is 15.0. The second kappa shape index (κ2) is 7.73. The lowest BCUT2D eigenvalue weighted by molar-refractivity contribution is -0.120. The second-order valence-electron chi connectivity index (χ2n) is 7.88. The Bertz CT molecular complexity index is 784. The summed E-state index contributed by atoms with van der Waals surface area (Å²) in [6, 6.07) is 19.0. The lowest BCUT2D eigenvalue weighted by Gasteiger charge is -2.38. The molecule has 2 aromatic rings. The molecule has 0 radical (unpaired) electrons. The van der Waals surface area contributed by atoms with Gasteiger partial charge in [-0.3, -0.25) is 4.79 Å². The summed E-state index contributed by atoms with van der Waals surface area (Å²) in [7, 11) is 0. The minimum atomic E-state index is -0.0224. The van der Waals surface area contributed by atoms with E-state index in [0.29, 0.717) is 19.0 Å². The highest BCUT2D eigenvalue weighted by Crippen LogP contribution is 2.36. The zero-order valence-corrected chi connectivity index (χ0v) is 16.0. The highest BCUT2D eigenvalue weighted by Gasteiger charge is 2.35. The van der Waals surface area contributed by atoms with Gasteiger partial charge in [0.25, 0.3) is 0 Å². The Balaban J connectivity index is 1.42. The normalized spacial score (nSPS) is 20.9. The van der Waals surface area contributed by atoms with Crippen molar-refractivity contribution in [3.05, 3.63) is 65.7 Å². The van der Waals surface area contributed by atoms with Crippen LogP contribution in [-0.2, 0) is 14.9 Å². The van der Waals surface area contributed by atoms with Crippen LogP contribution in [0.15, 0.2) is 54.6 Å². The summed E-state index contributed by atoms with van der Waals surface area (Å²) in [5.41, 5.74) is 3.82. The molecule has 4 nitrogen and oxygen atoms in total. The summed E-state index contributed by atoms with van der Waals surface area (Å²) in [6.07, 6.45) is 1.89. The first-order chi connectivity index (χ1) is 13.2. The number of ether oxygens (including phenoxy) is 1. The monoisotopic (exact) mass is 364 g/mol. The lowest BCUT2D eigenvalue weighted by atomic mass is 9.74. The van der Waals surface area contributed by atoms with Crippen molar-refractivity contribution in [2.45, 2.75) is 31.1 Å². The molecule has 1 saturated heterocycles. The van der Waals surface area contributed by atoms with Gasteiger partial charge in [0.1, 0.15) is 0 Å². The molecule has 1 N–H and O–H groups in total. The van der Waals surface area contributed by atoms with Crippen LogP contribution in [0.4, 0.5) is 5.69 Å². The lowest BCUT2D eigenvalue weighted by Crippen LogP contribution is -2.47. The largest absolute Gasteiger partial charge is 0.381 e. The predicted octanol–water partition coefficient (Wildman–Crippen LogP) is 3.47. The first kappa shape index (κ1) is 18.1. The number of amides is 1. The van der Waals surface area contributed by atoms with Gasteiger partial charge in [0, 0.05) is 43.3 Å². The fourth-order valence-electron chi connectivity index (χ4n) is 4.49. The zero-order chi connectivity index (χ0) is 18.7. The van der Waals surface area contributed by atoms with Crippen molar-refractivity contribution >= 4 is 11.6 Å². The van der Waals surface area contributed by atoms with Crippen LogP contribution < -0.4 is 10.2 Å². The van der Waals surface area contributed by atoms with Gasteiger partial charge in [0.15, 0.2) is 0 Å². The fraction of sp³-hybridized carbons (Fsp3) is 0.435. The maximum Gasteiger partial charge on any atom is 0.239 e. The van der Waals surface area contributed by atoms with Gasteiger partial charge in [-0.25, -0.2) is 0 Å². The number of para-hydroxylation sites is 1. The van der Waals surface area contributed by atoms with Gasteiger partial charge in [0.2, 0.25) is 5.91 Å². The standard InChI is InChI=1S/C23H28N2O2/c1-18-15-25(21-10-6-5-9-20(18)21)16-22(26)24-17-23(11-13-27-14-12-23)19-7-3-2-4-8-19/h2-10,18H,11-17H2,1H3,(H,24,26)/t18-/m0/s1. The third-order valence-electron chi connectivity index (χ3n) is 6.10. The summed E-state index contributed by atoms with van der Waals surface area (Å²) < 4.78 is 5.59.